The molecule has 2 aromatic carbocycles. The largest absolute Gasteiger partial charge is 0.496 e. The Balaban J connectivity index is 1.39. The number of halogens is 3. The fourth-order valence-corrected chi connectivity index (χ4v) is 6.45. The average molecular weight is 526 g/mol. The van der Waals surface area contributed by atoms with Crippen LogP contribution in [0.1, 0.15) is 24.0 Å². The van der Waals surface area contributed by atoms with Crippen molar-refractivity contribution >= 4 is 21.6 Å². The number of amides is 1. The number of carbonyl (C=O) groups excluding carboxylic acids is 1. The Bertz CT molecular complexity index is 1210. The summed E-state index contributed by atoms with van der Waals surface area (Å²) in [6, 6.07) is 9.90. The minimum Gasteiger partial charge on any atom is -0.496 e. The standard InChI is InChI=1S/C25H30F3N3O4S/c1-18-15-22(8-9-23(18)35-2)36(33,34)31-10-4-5-19(17-31)24(32)30-13-11-29(12-14-30)21-7-3-6-20(16-21)25(26,27)28/h3,6-9,15-16,19H,4-5,10-14,17H2,1-2H3/t19-/m1/s1. The minimum absolute atomic E-state index is 0.107. The number of rotatable bonds is 5. The van der Waals surface area contributed by atoms with E-state index in [0.717, 1.165) is 12.1 Å². The number of carbonyl (C=O) groups is 1. The Hall–Kier alpha value is -2.79. The predicted molar refractivity (Wildman–Crippen MR) is 129 cm³/mol. The highest BCUT2D eigenvalue weighted by molar-refractivity contribution is 7.89. The van der Waals surface area contributed by atoms with E-state index < -0.39 is 27.7 Å². The second kappa shape index (κ2) is 10.3. The van der Waals surface area contributed by atoms with Gasteiger partial charge in [0.1, 0.15) is 5.75 Å². The molecule has 36 heavy (non-hydrogen) atoms. The lowest BCUT2D eigenvalue weighted by Crippen LogP contribution is -2.53. The second-order valence-corrected chi connectivity index (χ2v) is 11.1. The Kier molecular flexibility index (Phi) is 7.51. The number of methoxy groups -OCH3 is 1. The molecule has 0 bridgehead atoms. The van der Waals surface area contributed by atoms with Gasteiger partial charge in [0.05, 0.1) is 23.5 Å². The van der Waals surface area contributed by atoms with Gasteiger partial charge in [-0.3, -0.25) is 4.79 Å². The molecule has 0 unspecified atom stereocenters. The van der Waals surface area contributed by atoms with Crippen LogP contribution in [0.25, 0.3) is 0 Å². The molecule has 0 aliphatic carbocycles. The maximum absolute atomic E-state index is 13.3. The number of sulfonamides is 1. The second-order valence-electron chi connectivity index (χ2n) is 9.19. The molecular weight excluding hydrogens is 495 g/mol. The Morgan fingerprint density at radius 1 is 1.03 bits per heavy atom. The highest BCUT2D eigenvalue weighted by Gasteiger charge is 2.36. The van der Waals surface area contributed by atoms with Gasteiger partial charge < -0.3 is 14.5 Å². The molecule has 0 spiro atoms. The van der Waals surface area contributed by atoms with Crippen molar-refractivity contribution in [1.82, 2.24) is 9.21 Å². The quantitative estimate of drug-likeness (QED) is 0.595. The van der Waals surface area contributed by atoms with Crippen LogP contribution in [0.2, 0.25) is 0 Å². The predicted octanol–water partition coefficient (Wildman–Crippen LogP) is 3.77. The number of alkyl halides is 3. The van der Waals surface area contributed by atoms with Gasteiger partial charge in [-0.05, 0) is 61.7 Å². The normalized spacial score (nSPS) is 19.9. The lowest BCUT2D eigenvalue weighted by molar-refractivity contribution is -0.137. The number of aryl methyl sites for hydroxylation is 1. The molecule has 2 saturated heterocycles. The van der Waals surface area contributed by atoms with Crippen LogP contribution in [0.4, 0.5) is 18.9 Å². The molecular formula is C25H30F3N3O4S. The van der Waals surface area contributed by atoms with E-state index in [0.29, 0.717) is 62.6 Å². The third kappa shape index (κ3) is 5.46. The molecule has 0 saturated carbocycles. The molecule has 0 radical (unpaired) electrons. The molecule has 0 N–H and O–H groups in total. The number of piperidine rings is 1. The molecule has 2 heterocycles. The Labute approximate surface area is 209 Å². The van der Waals surface area contributed by atoms with Crippen LogP contribution in [0, 0.1) is 12.8 Å². The van der Waals surface area contributed by atoms with E-state index in [1.165, 1.54) is 23.5 Å². The third-order valence-corrected chi connectivity index (χ3v) is 8.73. The van der Waals surface area contributed by atoms with Gasteiger partial charge in [-0.1, -0.05) is 6.07 Å². The van der Waals surface area contributed by atoms with E-state index in [1.54, 1.807) is 30.0 Å². The molecule has 0 aromatic heterocycles. The number of piperazine rings is 1. The molecule has 2 aromatic rings. The van der Waals surface area contributed by atoms with Crippen molar-refractivity contribution in [2.75, 3.05) is 51.3 Å². The van der Waals surface area contributed by atoms with Crippen LogP contribution in [-0.2, 0) is 21.0 Å². The maximum Gasteiger partial charge on any atom is 0.416 e. The summed E-state index contributed by atoms with van der Waals surface area (Å²) in [5.41, 5.74) is 0.484. The van der Waals surface area contributed by atoms with Crippen molar-refractivity contribution < 1.29 is 31.1 Å². The first kappa shape index (κ1) is 26.3. The minimum atomic E-state index is -4.41. The van der Waals surface area contributed by atoms with Crippen LogP contribution in [0.5, 0.6) is 5.75 Å². The zero-order valence-electron chi connectivity index (χ0n) is 20.3. The summed E-state index contributed by atoms with van der Waals surface area (Å²) in [7, 11) is -2.24. The monoisotopic (exact) mass is 525 g/mol. The van der Waals surface area contributed by atoms with Gasteiger partial charge in [0, 0.05) is 45.0 Å². The number of anilines is 1. The first-order valence-corrected chi connectivity index (χ1v) is 13.3. The van der Waals surface area contributed by atoms with Crippen LogP contribution >= 0.6 is 0 Å². The van der Waals surface area contributed by atoms with Gasteiger partial charge in [-0.25, -0.2) is 8.42 Å². The van der Waals surface area contributed by atoms with Gasteiger partial charge in [-0.15, -0.1) is 0 Å². The lowest BCUT2D eigenvalue weighted by Gasteiger charge is -2.39. The van der Waals surface area contributed by atoms with Crippen molar-refractivity contribution in [1.29, 1.82) is 0 Å². The van der Waals surface area contributed by atoms with Gasteiger partial charge in [0.15, 0.2) is 0 Å². The van der Waals surface area contributed by atoms with E-state index in [2.05, 4.69) is 0 Å². The van der Waals surface area contributed by atoms with Crippen LogP contribution < -0.4 is 9.64 Å². The summed E-state index contributed by atoms with van der Waals surface area (Å²) in [6.45, 7) is 3.80. The van der Waals surface area contributed by atoms with E-state index in [4.69, 9.17) is 4.74 Å². The highest BCUT2D eigenvalue weighted by Crippen LogP contribution is 2.32. The average Bonchev–Trinajstić information content (AvgIpc) is 2.88. The maximum atomic E-state index is 13.3. The van der Waals surface area contributed by atoms with Crippen molar-refractivity contribution in [3.05, 3.63) is 53.6 Å². The van der Waals surface area contributed by atoms with Crippen molar-refractivity contribution in [3.63, 3.8) is 0 Å². The number of hydrogen-bond acceptors (Lipinski definition) is 5. The zero-order valence-corrected chi connectivity index (χ0v) is 21.1. The van der Waals surface area contributed by atoms with Gasteiger partial charge in [-0.2, -0.15) is 17.5 Å². The van der Waals surface area contributed by atoms with E-state index in [-0.39, 0.29) is 17.3 Å². The Morgan fingerprint density at radius 2 is 1.75 bits per heavy atom. The molecule has 1 amide bonds. The van der Waals surface area contributed by atoms with Crippen LogP contribution in [-0.4, -0.2) is 69.9 Å². The zero-order chi connectivity index (χ0) is 26.1. The highest BCUT2D eigenvalue weighted by atomic mass is 32.2. The summed E-state index contributed by atoms with van der Waals surface area (Å²) < 4.78 is 72.3. The molecule has 11 heteroatoms. The van der Waals surface area contributed by atoms with Crippen molar-refractivity contribution in [2.24, 2.45) is 5.92 Å². The smallest absolute Gasteiger partial charge is 0.416 e. The third-order valence-electron chi connectivity index (χ3n) is 6.87. The number of hydrogen-bond donors (Lipinski definition) is 0. The molecule has 2 aliphatic rings. The van der Waals surface area contributed by atoms with Crippen LogP contribution in [0.15, 0.2) is 47.4 Å². The lowest BCUT2D eigenvalue weighted by atomic mass is 9.97. The SMILES string of the molecule is COc1ccc(S(=O)(=O)N2CCC[C@@H](C(=O)N3CCN(c4cccc(C(F)(F)F)c4)CC3)C2)cc1C. The molecule has 2 fully saturated rings. The molecule has 1 atom stereocenters. The number of benzene rings is 2. The Morgan fingerprint density at radius 3 is 2.39 bits per heavy atom. The molecule has 4 rings (SSSR count). The summed E-state index contributed by atoms with van der Waals surface area (Å²) >= 11 is 0. The summed E-state index contributed by atoms with van der Waals surface area (Å²) in [6.07, 6.45) is -3.24. The van der Waals surface area contributed by atoms with Gasteiger partial charge in [0.25, 0.3) is 0 Å². The number of nitrogens with zero attached hydrogens (tertiary/aromatic N) is 3. The van der Waals surface area contributed by atoms with Gasteiger partial charge in [0.2, 0.25) is 15.9 Å². The van der Waals surface area contributed by atoms with E-state index in [9.17, 15) is 26.4 Å². The number of ether oxygens (including phenoxy) is 1. The van der Waals surface area contributed by atoms with Crippen molar-refractivity contribution in [3.8, 4) is 5.75 Å². The fraction of sp³-hybridized carbons (Fsp3) is 0.480. The molecule has 196 valence electrons. The van der Waals surface area contributed by atoms with Gasteiger partial charge >= 0.3 is 6.18 Å². The summed E-state index contributed by atoms with van der Waals surface area (Å²) in [5.74, 6) is 0.0439. The molecule has 2 aliphatic heterocycles. The first-order chi connectivity index (χ1) is 17.0. The summed E-state index contributed by atoms with van der Waals surface area (Å²) in [4.78, 5) is 17.0. The fourth-order valence-electron chi connectivity index (χ4n) is 4.84. The van der Waals surface area contributed by atoms with Crippen LogP contribution in [0.3, 0.4) is 0 Å². The molecule has 7 nitrogen and oxygen atoms in total. The summed E-state index contributed by atoms with van der Waals surface area (Å²) in [5, 5.41) is 0. The van der Waals surface area contributed by atoms with E-state index in [1.807, 2.05) is 4.90 Å². The van der Waals surface area contributed by atoms with Crippen molar-refractivity contribution in [2.45, 2.75) is 30.8 Å². The van der Waals surface area contributed by atoms with E-state index >= 15 is 0 Å². The first-order valence-electron chi connectivity index (χ1n) is 11.9. The topological polar surface area (TPSA) is 70.2 Å².